The molecule has 1 aromatic carbocycles. The average Bonchev–Trinajstić information content (AvgIpc) is 3.09. The van der Waals surface area contributed by atoms with Crippen molar-refractivity contribution in [1.29, 1.82) is 0 Å². The van der Waals surface area contributed by atoms with Gasteiger partial charge in [0.15, 0.2) is 0 Å². The molecule has 25 heavy (non-hydrogen) atoms. The standard InChI is InChI=1S/C20H23N3O2/c1-3-15(2)23(14-16-7-6-11-21-13-16)20(25)19(24)22-12-10-17-8-4-5-9-18(17)22/h4-9,11,13,15H,3,10,12,14H2,1-2H3/t15-/m0/s1. The van der Waals surface area contributed by atoms with Crippen LogP contribution in [0.2, 0.25) is 0 Å². The second-order valence-corrected chi connectivity index (χ2v) is 6.39. The van der Waals surface area contributed by atoms with Crippen LogP contribution >= 0.6 is 0 Å². The summed E-state index contributed by atoms with van der Waals surface area (Å²) in [5, 5.41) is 0. The van der Waals surface area contributed by atoms with Crippen LogP contribution in [0.4, 0.5) is 5.69 Å². The van der Waals surface area contributed by atoms with E-state index >= 15 is 0 Å². The van der Waals surface area contributed by atoms with Crippen molar-refractivity contribution in [3.05, 3.63) is 59.9 Å². The predicted octanol–water partition coefficient (Wildman–Crippen LogP) is 2.80. The fraction of sp³-hybridized carbons (Fsp3) is 0.350. The Bertz CT molecular complexity index is 761. The lowest BCUT2D eigenvalue weighted by molar-refractivity contribution is -0.146. The Morgan fingerprint density at radius 2 is 2.04 bits per heavy atom. The molecule has 5 nitrogen and oxygen atoms in total. The molecule has 0 saturated heterocycles. The molecule has 2 aromatic rings. The molecule has 0 bridgehead atoms. The van der Waals surface area contributed by atoms with Gasteiger partial charge in [0.1, 0.15) is 0 Å². The highest BCUT2D eigenvalue weighted by Crippen LogP contribution is 2.28. The number of aromatic nitrogens is 1. The Balaban J connectivity index is 1.81. The van der Waals surface area contributed by atoms with Gasteiger partial charge in [0.2, 0.25) is 0 Å². The number of anilines is 1. The molecule has 1 atom stereocenters. The third kappa shape index (κ3) is 3.55. The van der Waals surface area contributed by atoms with Crippen LogP contribution < -0.4 is 4.90 Å². The van der Waals surface area contributed by atoms with E-state index in [0.29, 0.717) is 13.1 Å². The first-order chi connectivity index (χ1) is 12.1. The van der Waals surface area contributed by atoms with Gasteiger partial charge >= 0.3 is 11.8 Å². The molecule has 1 aromatic heterocycles. The van der Waals surface area contributed by atoms with Crippen molar-refractivity contribution in [3.63, 3.8) is 0 Å². The Morgan fingerprint density at radius 3 is 2.76 bits per heavy atom. The van der Waals surface area contributed by atoms with E-state index < -0.39 is 11.8 Å². The number of hydrogen-bond acceptors (Lipinski definition) is 3. The first kappa shape index (κ1) is 17.1. The summed E-state index contributed by atoms with van der Waals surface area (Å²) in [6, 6.07) is 11.5. The molecule has 0 fully saturated rings. The van der Waals surface area contributed by atoms with Crippen molar-refractivity contribution < 1.29 is 9.59 Å². The van der Waals surface area contributed by atoms with E-state index in [2.05, 4.69) is 4.98 Å². The van der Waals surface area contributed by atoms with Crippen molar-refractivity contribution in [2.24, 2.45) is 0 Å². The van der Waals surface area contributed by atoms with Crippen LogP contribution in [0.3, 0.4) is 0 Å². The van der Waals surface area contributed by atoms with Gasteiger partial charge in [0, 0.05) is 37.2 Å². The molecule has 0 aliphatic carbocycles. The summed E-state index contributed by atoms with van der Waals surface area (Å²) >= 11 is 0. The summed E-state index contributed by atoms with van der Waals surface area (Å²) in [6.45, 7) is 4.94. The van der Waals surface area contributed by atoms with Crippen molar-refractivity contribution in [2.45, 2.75) is 39.3 Å². The minimum Gasteiger partial charge on any atom is -0.327 e. The average molecular weight is 337 g/mol. The van der Waals surface area contributed by atoms with E-state index in [9.17, 15) is 9.59 Å². The molecule has 1 aliphatic heterocycles. The van der Waals surface area contributed by atoms with Gasteiger partial charge in [-0.3, -0.25) is 14.6 Å². The van der Waals surface area contributed by atoms with Crippen LogP contribution in [-0.4, -0.2) is 34.3 Å². The van der Waals surface area contributed by atoms with Crippen LogP contribution in [0.1, 0.15) is 31.4 Å². The van der Waals surface area contributed by atoms with Gasteiger partial charge in [-0.15, -0.1) is 0 Å². The van der Waals surface area contributed by atoms with Gasteiger partial charge in [0.25, 0.3) is 0 Å². The smallest absolute Gasteiger partial charge is 0.316 e. The first-order valence-corrected chi connectivity index (χ1v) is 8.71. The number of pyridine rings is 1. The topological polar surface area (TPSA) is 53.5 Å². The predicted molar refractivity (Wildman–Crippen MR) is 97.0 cm³/mol. The number of rotatable bonds is 4. The second-order valence-electron chi connectivity index (χ2n) is 6.39. The molecule has 5 heteroatoms. The van der Waals surface area contributed by atoms with Gasteiger partial charge in [-0.2, -0.15) is 0 Å². The normalized spacial score (nSPS) is 14.1. The molecule has 0 unspecified atom stereocenters. The van der Waals surface area contributed by atoms with Crippen LogP contribution in [-0.2, 0) is 22.6 Å². The molecule has 0 N–H and O–H groups in total. The zero-order valence-electron chi connectivity index (χ0n) is 14.7. The summed E-state index contributed by atoms with van der Waals surface area (Å²) < 4.78 is 0. The SMILES string of the molecule is CC[C@H](C)N(Cc1cccnc1)C(=O)C(=O)N1CCc2ccccc21. The van der Waals surface area contributed by atoms with Gasteiger partial charge < -0.3 is 9.80 Å². The Kier molecular flexibility index (Phi) is 5.12. The Labute approximate surface area is 148 Å². The van der Waals surface area contributed by atoms with Crippen molar-refractivity contribution >= 4 is 17.5 Å². The van der Waals surface area contributed by atoms with Crippen LogP contribution in [0, 0.1) is 0 Å². The minimum atomic E-state index is -0.450. The molecular weight excluding hydrogens is 314 g/mol. The van der Waals surface area contributed by atoms with Crippen LogP contribution in [0.25, 0.3) is 0 Å². The van der Waals surface area contributed by atoms with E-state index in [0.717, 1.165) is 29.7 Å². The quantitative estimate of drug-likeness (QED) is 0.806. The van der Waals surface area contributed by atoms with Crippen molar-refractivity contribution in [2.75, 3.05) is 11.4 Å². The van der Waals surface area contributed by atoms with Gasteiger partial charge in [-0.1, -0.05) is 31.2 Å². The molecule has 0 saturated carbocycles. The lowest BCUT2D eigenvalue weighted by Gasteiger charge is -2.29. The number of carbonyl (C=O) groups is 2. The van der Waals surface area contributed by atoms with E-state index in [1.165, 1.54) is 0 Å². The molecule has 0 radical (unpaired) electrons. The third-order valence-corrected chi connectivity index (χ3v) is 4.77. The molecule has 2 heterocycles. The number of para-hydroxylation sites is 1. The molecular formula is C20H23N3O2. The van der Waals surface area contributed by atoms with E-state index in [1.807, 2.05) is 50.2 Å². The number of benzene rings is 1. The van der Waals surface area contributed by atoms with Crippen molar-refractivity contribution in [3.8, 4) is 0 Å². The monoisotopic (exact) mass is 337 g/mol. The number of nitrogens with zero attached hydrogens (tertiary/aromatic N) is 3. The lowest BCUT2D eigenvalue weighted by Crippen LogP contribution is -2.47. The zero-order valence-corrected chi connectivity index (χ0v) is 14.7. The summed E-state index contributed by atoms with van der Waals surface area (Å²) in [7, 11) is 0. The summed E-state index contributed by atoms with van der Waals surface area (Å²) in [6.07, 6.45) is 5.01. The number of amides is 2. The number of carbonyl (C=O) groups excluding carboxylic acids is 2. The summed E-state index contributed by atoms with van der Waals surface area (Å²) in [4.78, 5) is 33.2. The summed E-state index contributed by atoms with van der Waals surface area (Å²) in [5.41, 5.74) is 2.89. The van der Waals surface area contributed by atoms with E-state index in [-0.39, 0.29) is 6.04 Å². The maximum absolute atomic E-state index is 13.0. The highest BCUT2D eigenvalue weighted by atomic mass is 16.2. The molecule has 2 amide bonds. The highest BCUT2D eigenvalue weighted by molar-refractivity contribution is 6.40. The van der Waals surface area contributed by atoms with Gasteiger partial charge in [-0.05, 0) is 43.0 Å². The minimum absolute atomic E-state index is 0.0190. The van der Waals surface area contributed by atoms with Crippen LogP contribution in [0.5, 0.6) is 0 Å². The lowest BCUT2D eigenvalue weighted by atomic mass is 10.1. The van der Waals surface area contributed by atoms with E-state index in [4.69, 9.17) is 0 Å². The fourth-order valence-electron chi connectivity index (χ4n) is 3.12. The maximum Gasteiger partial charge on any atom is 0.316 e. The highest BCUT2D eigenvalue weighted by Gasteiger charge is 2.33. The number of hydrogen-bond donors (Lipinski definition) is 0. The zero-order chi connectivity index (χ0) is 17.8. The Hall–Kier alpha value is -2.69. The second kappa shape index (κ2) is 7.47. The Morgan fingerprint density at radius 1 is 1.24 bits per heavy atom. The van der Waals surface area contributed by atoms with E-state index in [1.54, 1.807) is 22.2 Å². The number of fused-ring (bicyclic) bond motifs is 1. The third-order valence-electron chi connectivity index (χ3n) is 4.77. The molecule has 1 aliphatic rings. The van der Waals surface area contributed by atoms with Gasteiger partial charge in [0.05, 0.1) is 0 Å². The van der Waals surface area contributed by atoms with Gasteiger partial charge in [-0.25, -0.2) is 0 Å². The fourth-order valence-corrected chi connectivity index (χ4v) is 3.12. The maximum atomic E-state index is 13.0. The molecule has 0 spiro atoms. The first-order valence-electron chi connectivity index (χ1n) is 8.71. The van der Waals surface area contributed by atoms with Crippen molar-refractivity contribution in [1.82, 2.24) is 9.88 Å². The molecule has 130 valence electrons. The van der Waals surface area contributed by atoms with Crippen LogP contribution in [0.15, 0.2) is 48.8 Å². The molecule has 3 rings (SSSR count). The largest absolute Gasteiger partial charge is 0.327 e. The summed E-state index contributed by atoms with van der Waals surface area (Å²) in [5.74, 6) is -0.899.